The minimum absolute atomic E-state index is 0.349. The van der Waals surface area contributed by atoms with Crippen LogP contribution in [0.3, 0.4) is 0 Å². The summed E-state index contributed by atoms with van der Waals surface area (Å²) in [6.07, 6.45) is 3.88. The van der Waals surface area contributed by atoms with Crippen LogP contribution in [0.25, 0.3) is 0 Å². The Morgan fingerprint density at radius 1 is 1.37 bits per heavy atom. The monoisotopic (exact) mass is 261 g/mol. The molecule has 1 fully saturated rings. The third-order valence-corrected chi connectivity index (χ3v) is 4.14. The van der Waals surface area contributed by atoms with E-state index in [1.807, 2.05) is 13.0 Å². The van der Waals surface area contributed by atoms with E-state index in [0.29, 0.717) is 17.5 Å². The van der Waals surface area contributed by atoms with Crippen LogP contribution in [-0.2, 0) is 0 Å². The Kier molecular flexibility index (Phi) is 4.51. The van der Waals surface area contributed by atoms with E-state index in [-0.39, 0.29) is 0 Å². The highest BCUT2D eigenvalue weighted by molar-refractivity contribution is 5.35. The molecule has 1 aliphatic carbocycles. The van der Waals surface area contributed by atoms with Crippen molar-refractivity contribution >= 4 is 0 Å². The lowest BCUT2D eigenvalue weighted by molar-refractivity contribution is 0.326. The topological polar surface area (TPSA) is 21.3 Å². The van der Waals surface area contributed by atoms with Crippen LogP contribution < -0.4 is 10.1 Å². The van der Waals surface area contributed by atoms with Crippen molar-refractivity contribution in [2.45, 2.75) is 59.0 Å². The minimum atomic E-state index is 0.349. The molecule has 0 amide bonds. The van der Waals surface area contributed by atoms with Crippen molar-refractivity contribution in [1.29, 1.82) is 0 Å². The molecule has 0 saturated heterocycles. The molecule has 0 aliphatic heterocycles. The SMILES string of the molecule is CCOc1ccccc1C(C)NC1CCC(C)(C)C1. The summed E-state index contributed by atoms with van der Waals surface area (Å²) in [6.45, 7) is 9.73. The zero-order valence-corrected chi connectivity index (χ0v) is 12.7. The van der Waals surface area contributed by atoms with Crippen LogP contribution in [0.1, 0.15) is 58.6 Å². The van der Waals surface area contributed by atoms with E-state index < -0.39 is 0 Å². The fourth-order valence-corrected chi connectivity index (χ4v) is 3.15. The molecule has 2 heteroatoms. The molecule has 0 radical (unpaired) electrons. The molecule has 0 bridgehead atoms. The van der Waals surface area contributed by atoms with Gasteiger partial charge in [-0.2, -0.15) is 0 Å². The maximum Gasteiger partial charge on any atom is 0.124 e. The molecule has 1 aliphatic rings. The maximum absolute atomic E-state index is 5.72. The maximum atomic E-state index is 5.72. The first-order chi connectivity index (χ1) is 9.02. The second-order valence-electron chi connectivity index (χ2n) is 6.46. The van der Waals surface area contributed by atoms with Gasteiger partial charge >= 0.3 is 0 Å². The molecular formula is C17H27NO. The molecule has 0 heterocycles. The first kappa shape index (κ1) is 14.4. The highest BCUT2D eigenvalue weighted by Gasteiger charge is 2.31. The Morgan fingerprint density at radius 2 is 2.11 bits per heavy atom. The summed E-state index contributed by atoms with van der Waals surface area (Å²) in [5.41, 5.74) is 1.77. The molecule has 1 aromatic carbocycles. The molecule has 106 valence electrons. The Hall–Kier alpha value is -1.02. The Bertz CT molecular complexity index is 413. The van der Waals surface area contributed by atoms with Gasteiger partial charge in [0.05, 0.1) is 6.61 Å². The summed E-state index contributed by atoms with van der Waals surface area (Å²) < 4.78 is 5.72. The average Bonchev–Trinajstić information content (AvgIpc) is 2.69. The lowest BCUT2D eigenvalue weighted by atomic mass is 9.91. The Balaban J connectivity index is 2.02. The van der Waals surface area contributed by atoms with Crippen LogP contribution in [0, 0.1) is 5.41 Å². The van der Waals surface area contributed by atoms with E-state index in [1.54, 1.807) is 0 Å². The van der Waals surface area contributed by atoms with E-state index in [4.69, 9.17) is 4.74 Å². The molecule has 1 aromatic rings. The lowest BCUT2D eigenvalue weighted by Crippen LogP contribution is -2.30. The van der Waals surface area contributed by atoms with E-state index >= 15 is 0 Å². The predicted molar refractivity (Wildman–Crippen MR) is 80.6 cm³/mol. The zero-order valence-electron chi connectivity index (χ0n) is 12.7. The van der Waals surface area contributed by atoms with Crippen LogP contribution in [0.2, 0.25) is 0 Å². The van der Waals surface area contributed by atoms with Crippen molar-refractivity contribution in [3.8, 4) is 5.75 Å². The summed E-state index contributed by atoms with van der Waals surface area (Å²) in [6, 6.07) is 9.36. The summed E-state index contributed by atoms with van der Waals surface area (Å²) in [5, 5.41) is 3.77. The largest absolute Gasteiger partial charge is 0.494 e. The number of nitrogens with one attached hydrogen (secondary N) is 1. The molecule has 2 unspecified atom stereocenters. The van der Waals surface area contributed by atoms with Gasteiger partial charge in [-0.3, -0.25) is 0 Å². The van der Waals surface area contributed by atoms with Crippen molar-refractivity contribution < 1.29 is 4.74 Å². The lowest BCUT2D eigenvalue weighted by Gasteiger charge is -2.23. The molecule has 1 saturated carbocycles. The number of hydrogen-bond acceptors (Lipinski definition) is 2. The number of rotatable bonds is 5. The van der Waals surface area contributed by atoms with Crippen molar-refractivity contribution in [2.75, 3.05) is 6.61 Å². The molecule has 1 N–H and O–H groups in total. The van der Waals surface area contributed by atoms with Gasteiger partial charge in [-0.05, 0) is 44.6 Å². The van der Waals surface area contributed by atoms with Gasteiger partial charge in [-0.25, -0.2) is 0 Å². The predicted octanol–water partition coefficient (Wildman–Crippen LogP) is 4.31. The van der Waals surface area contributed by atoms with E-state index in [1.165, 1.54) is 24.8 Å². The molecule has 2 nitrogen and oxygen atoms in total. The molecule has 19 heavy (non-hydrogen) atoms. The fraction of sp³-hybridized carbons (Fsp3) is 0.647. The standard InChI is InChI=1S/C17H27NO/c1-5-19-16-9-7-6-8-15(16)13(2)18-14-10-11-17(3,4)12-14/h6-9,13-14,18H,5,10-12H2,1-4H3. The number of ether oxygens (including phenoxy) is 1. The van der Waals surface area contributed by atoms with Crippen molar-refractivity contribution in [3.63, 3.8) is 0 Å². The zero-order chi connectivity index (χ0) is 13.9. The average molecular weight is 261 g/mol. The van der Waals surface area contributed by atoms with E-state index in [9.17, 15) is 0 Å². The van der Waals surface area contributed by atoms with Crippen LogP contribution in [0.5, 0.6) is 5.75 Å². The van der Waals surface area contributed by atoms with Gasteiger partial charge in [0.15, 0.2) is 0 Å². The normalized spacial score (nSPS) is 23.3. The van der Waals surface area contributed by atoms with Crippen molar-refractivity contribution in [1.82, 2.24) is 5.32 Å². The Labute approximate surface area is 117 Å². The summed E-state index contributed by atoms with van der Waals surface area (Å²) in [4.78, 5) is 0. The molecular weight excluding hydrogens is 234 g/mol. The van der Waals surface area contributed by atoms with Gasteiger partial charge in [-0.1, -0.05) is 32.0 Å². The van der Waals surface area contributed by atoms with Gasteiger partial charge in [0.25, 0.3) is 0 Å². The van der Waals surface area contributed by atoms with E-state index in [2.05, 4.69) is 44.3 Å². The first-order valence-electron chi connectivity index (χ1n) is 7.49. The molecule has 0 spiro atoms. The highest BCUT2D eigenvalue weighted by Crippen LogP contribution is 2.38. The van der Waals surface area contributed by atoms with Gasteiger partial charge < -0.3 is 10.1 Å². The minimum Gasteiger partial charge on any atom is -0.494 e. The molecule has 2 rings (SSSR count). The summed E-state index contributed by atoms with van der Waals surface area (Å²) in [5.74, 6) is 1.02. The van der Waals surface area contributed by atoms with Gasteiger partial charge in [0.2, 0.25) is 0 Å². The van der Waals surface area contributed by atoms with Crippen molar-refractivity contribution in [2.24, 2.45) is 5.41 Å². The van der Waals surface area contributed by atoms with Crippen LogP contribution >= 0.6 is 0 Å². The smallest absolute Gasteiger partial charge is 0.124 e. The summed E-state index contributed by atoms with van der Waals surface area (Å²) >= 11 is 0. The van der Waals surface area contributed by atoms with Gasteiger partial charge in [0, 0.05) is 17.6 Å². The quantitative estimate of drug-likeness (QED) is 0.852. The summed E-state index contributed by atoms with van der Waals surface area (Å²) in [7, 11) is 0. The van der Waals surface area contributed by atoms with Gasteiger partial charge in [0.1, 0.15) is 5.75 Å². The second kappa shape index (κ2) is 5.96. The van der Waals surface area contributed by atoms with Gasteiger partial charge in [-0.15, -0.1) is 0 Å². The molecule has 0 aromatic heterocycles. The number of benzene rings is 1. The number of hydrogen-bond donors (Lipinski definition) is 1. The van der Waals surface area contributed by atoms with Crippen LogP contribution in [0.15, 0.2) is 24.3 Å². The fourth-order valence-electron chi connectivity index (χ4n) is 3.15. The first-order valence-corrected chi connectivity index (χ1v) is 7.49. The third kappa shape index (κ3) is 3.73. The number of para-hydroxylation sites is 1. The third-order valence-electron chi connectivity index (χ3n) is 4.14. The molecule has 2 atom stereocenters. The second-order valence-corrected chi connectivity index (χ2v) is 6.46. The van der Waals surface area contributed by atoms with Crippen LogP contribution in [-0.4, -0.2) is 12.6 Å². The Morgan fingerprint density at radius 3 is 2.74 bits per heavy atom. The van der Waals surface area contributed by atoms with Crippen molar-refractivity contribution in [3.05, 3.63) is 29.8 Å². The van der Waals surface area contributed by atoms with E-state index in [0.717, 1.165) is 12.4 Å². The highest BCUT2D eigenvalue weighted by atomic mass is 16.5. The van der Waals surface area contributed by atoms with Crippen LogP contribution in [0.4, 0.5) is 0 Å².